The van der Waals surface area contributed by atoms with Gasteiger partial charge in [0.1, 0.15) is 36.7 Å². The summed E-state index contributed by atoms with van der Waals surface area (Å²) < 4.78 is 50.8. The van der Waals surface area contributed by atoms with Gasteiger partial charge >= 0.3 is 5.97 Å². The number of hydrogen-bond donors (Lipinski definition) is 1. The highest BCUT2D eigenvalue weighted by Crippen LogP contribution is 2.39. The second-order valence-corrected chi connectivity index (χ2v) is 12.9. The molecule has 2 aliphatic rings. The summed E-state index contributed by atoms with van der Waals surface area (Å²) in [5.41, 5.74) is 2.40. The Labute approximate surface area is 280 Å². The second-order valence-electron chi connectivity index (χ2n) is 10.4. The highest BCUT2D eigenvalue weighted by molar-refractivity contribution is 7.89. The van der Waals surface area contributed by atoms with Crippen LogP contribution in [0.25, 0.3) is 0 Å². The fourth-order valence-corrected chi connectivity index (χ4v) is 6.39. The Kier molecular flexibility index (Phi) is 10.7. The molecule has 3 aromatic rings. The van der Waals surface area contributed by atoms with Crippen molar-refractivity contribution in [2.24, 2.45) is 0 Å². The molecule has 14 heteroatoms. The molecule has 0 unspecified atom stereocenters. The summed E-state index contributed by atoms with van der Waals surface area (Å²) in [4.78, 5) is 22.7. The summed E-state index contributed by atoms with van der Waals surface area (Å²) in [7, 11) is -3.14. The van der Waals surface area contributed by atoms with E-state index in [2.05, 4.69) is 4.72 Å². The predicted molar refractivity (Wildman–Crippen MR) is 174 cm³/mol. The van der Waals surface area contributed by atoms with Crippen molar-refractivity contribution in [2.75, 3.05) is 7.11 Å². The summed E-state index contributed by atoms with van der Waals surface area (Å²) >= 11 is 12.1. The molecule has 2 atom stereocenters. The van der Waals surface area contributed by atoms with E-state index in [1.165, 1.54) is 12.5 Å². The summed E-state index contributed by atoms with van der Waals surface area (Å²) in [6, 6.07) is 15.9. The molecule has 1 aliphatic heterocycles. The van der Waals surface area contributed by atoms with E-state index in [0.29, 0.717) is 34.6 Å². The van der Waals surface area contributed by atoms with E-state index in [0.717, 1.165) is 48.1 Å². The Morgan fingerprint density at radius 1 is 1.06 bits per heavy atom. The molecule has 0 saturated carbocycles. The smallest absolute Gasteiger partial charge is 0.324 e. The number of allylic oxidation sites excluding steroid dienone is 4. The number of nitrogens with zero attached hydrogens (tertiary/aromatic N) is 1. The van der Waals surface area contributed by atoms with Crippen LogP contribution < -0.4 is 9.46 Å². The fraction of sp³-hybridized carbons (Fsp3) is 0.182. The number of rotatable bonds is 12. The van der Waals surface area contributed by atoms with Gasteiger partial charge in [0.2, 0.25) is 10.0 Å². The molecule has 5 rings (SSSR count). The lowest BCUT2D eigenvalue weighted by atomic mass is 9.84. The molecule has 244 valence electrons. The fourth-order valence-electron chi connectivity index (χ4n) is 4.89. The van der Waals surface area contributed by atoms with Crippen LogP contribution in [0.1, 0.15) is 29.9 Å². The maximum absolute atomic E-state index is 13.0. The first-order valence-corrected chi connectivity index (χ1v) is 16.4. The Bertz CT molecular complexity index is 1890. The number of non-ortho nitro benzene ring substituents is 1. The quantitative estimate of drug-likeness (QED) is 0.119. The zero-order valence-corrected chi connectivity index (χ0v) is 27.1. The molecule has 1 heterocycles. The normalized spacial score (nSPS) is 16.5. The Morgan fingerprint density at radius 3 is 2.49 bits per heavy atom. The van der Waals surface area contributed by atoms with Crippen LogP contribution in [-0.4, -0.2) is 32.5 Å². The molecule has 47 heavy (non-hydrogen) atoms. The van der Waals surface area contributed by atoms with Crippen molar-refractivity contribution in [2.45, 2.75) is 36.3 Å². The van der Waals surface area contributed by atoms with Crippen LogP contribution in [0.3, 0.4) is 0 Å². The predicted octanol–water partition coefficient (Wildman–Crippen LogP) is 7.09. The zero-order valence-electron chi connectivity index (χ0n) is 24.8. The lowest BCUT2D eigenvalue weighted by molar-refractivity contribution is -0.384. The summed E-state index contributed by atoms with van der Waals surface area (Å²) in [6.45, 7) is 0.317. The molecule has 0 bridgehead atoms. The van der Waals surface area contributed by atoms with Crippen LogP contribution in [0, 0.1) is 10.1 Å². The van der Waals surface area contributed by atoms with Crippen LogP contribution in [0.2, 0.25) is 10.0 Å². The number of hydrogen-bond acceptors (Lipinski definition) is 9. The van der Waals surface area contributed by atoms with Gasteiger partial charge in [-0.3, -0.25) is 14.9 Å². The van der Waals surface area contributed by atoms with Gasteiger partial charge in [-0.2, -0.15) is 4.72 Å². The van der Waals surface area contributed by atoms with Crippen molar-refractivity contribution >= 4 is 44.9 Å². The number of halogens is 2. The topological polar surface area (TPSA) is 143 Å². The maximum atomic E-state index is 13.0. The van der Waals surface area contributed by atoms with Gasteiger partial charge in [-0.05, 0) is 53.9 Å². The van der Waals surface area contributed by atoms with Crippen molar-refractivity contribution < 1.29 is 37.1 Å². The Balaban J connectivity index is 1.25. The average Bonchev–Trinajstić information content (AvgIpc) is 3.08. The van der Waals surface area contributed by atoms with Gasteiger partial charge in [0.05, 0.1) is 27.0 Å². The van der Waals surface area contributed by atoms with Crippen LogP contribution in [0.4, 0.5) is 5.69 Å². The maximum Gasteiger partial charge on any atom is 0.324 e. The van der Waals surface area contributed by atoms with E-state index in [1.807, 2.05) is 48.6 Å². The number of esters is 1. The van der Waals surface area contributed by atoms with E-state index in [-0.39, 0.29) is 28.7 Å². The Morgan fingerprint density at radius 2 is 1.81 bits per heavy atom. The lowest BCUT2D eigenvalue weighted by Gasteiger charge is -2.27. The number of ether oxygens (including phenoxy) is 4. The largest absolute Gasteiger partial charge is 0.489 e. The van der Waals surface area contributed by atoms with Gasteiger partial charge < -0.3 is 18.9 Å². The number of sulfonamides is 1. The standard InChI is InChI=1S/C33H28Cl2N2O9S/c1-43-33(38)31(36-47(41,42)26-13-9-23(10-14-26)37(39)40)17-25-19-44-20-32(46-25)28-5-3-2-4-27(28)22-7-11-24(12-8-22)45-18-21-6-15-29(34)30(35)16-21/h2-3,5-16,19-20,27,31,36H,4,17-18H2,1H3/t27-,31+/m1/s1. The molecule has 0 fully saturated rings. The molecule has 0 aromatic heterocycles. The molecule has 0 saturated heterocycles. The van der Waals surface area contributed by atoms with Crippen molar-refractivity contribution in [3.63, 3.8) is 0 Å². The van der Waals surface area contributed by atoms with E-state index >= 15 is 0 Å². The molecule has 0 radical (unpaired) electrons. The van der Waals surface area contributed by atoms with Crippen molar-refractivity contribution in [3.8, 4) is 5.75 Å². The van der Waals surface area contributed by atoms with E-state index in [1.54, 1.807) is 12.1 Å². The molecule has 0 spiro atoms. The lowest BCUT2D eigenvalue weighted by Crippen LogP contribution is -2.42. The van der Waals surface area contributed by atoms with Gasteiger partial charge in [0.15, 0.2) is 5.76 Å². The van der Waals surface area contributed by atoms with Gasteiger partial charge in [-0.25, -0.2) is 8.42 Å². The van der Waals surface area contributed by atoms with Crippen LogP contribution in [-0.2, 0) is 35.6 Å². The summed E-state index contributed by atoms with van der Waals surface area (Å²) in [5, 5.41) is 11.9. The number of carbonyl (C=O) groups excluding carboxylic acids is 1. The number of nitro groups is 1. The summed E-state index contributed by atoms with van der Waals surface area (Å²) in [6.07, 6.45) is 8.97. The molecule has 3 aromatic carbocycles. The number of carbonyl (C=O) groups is 1. The van der Waals surface area contributed by atoms with Crippen LogP contribution in [0.15, 0.2) is 119 Å². The number of nitro benzene ring substituents is 1. The van der Waals surface area contributed by atoms with Gasteiger partial charge in [0.25, 0.3) is 5.69 Å². The third kappa shape index (κ3) is 8.40. The SMILES string of the molecule is COC(=O)[C@H](CC1=COC=C(C2=CC=CC[C@@H]2c2ccc(OCc3ccc(Cl)c(Cl)c3)cc2)O1)NS(=O)(=O)c1ccc([N+](=O)[O-])cc1. The van der Waals surface area contributed by atoms with Crippen molar-refractivity contribution in [1.29, 1.82) is 0 Å². The average molecular weight is 700 g/mol. The zero-order chi connectivity index (χ0) is 33.6. The first-order valence-electron chi connectivity index (χ1n) is 14.1. The molecular weight excluding hydrogens is 671 g/mol. The van der Waals surface area contributed by atoms with E-state index < -0.39 is 27.0 Å². The van der Waals surface area contributed by atoms with Crippen LogP contribution in [0.5, 0.6) is 5.75 Å². The molecule has 0 amide bonds. The van der Waals surface area contributed by atoms with Crippen LogP contribution >= 0.6 is 23.2 Å². The van der Waals surface area contributed by atoms with Gasteiger partial charge in [-0.15, -0.1) is 0 Å². The minimum atomic E-state index is -4.27. The second kappa shape index (κ2) is 14.9. The molecule has 11 nitrogen and oxygen atoms in total. The highest BCUT2D eigenvalue weighted by Gasteiger charge is 2.31. The van der Waals surface area contributed by atoms with E-state index in [9.17, 15) is 23.3 Å². The Hall–Kier alpha value is -4.62. The van der Waals surface area contributed by atoms with Gasteiger partial charge in [0, 0.05) is 30.0 Å². The van der Waals surface area contributed by atoms with Gasteiger partial charge in [-0.1, -0.05) is 59.6 Å². The number of benzene rings is 3. The van der Waals surface area contributed by atoms with Crippen molar-refractivity contribution in [3.05, 3.63) is 146 Å². The molecule has 1 aliphatic carbocycles. The monoisotopic (exact) mass is 698 g/mol. The first kappa shape index (κ1) is 33.7. The minimum absolute atomic E-state index is 0.102. The minimum Gasteiger partial charge on any atom is -0.489 e. The molecule has 1 N–H and O–H groups in total. The van der Waals surface area contributed by atoms with Crippen molar-refractivity contribution in [1.82, 2.24) is 4.72 Å². The third-order valence-electron chi connectivity index (χ3n) is 7.28. The summed E-state index contributed by atoms with van der Waals surface area (Å²) in [5.74, 6) is 0.261. The number of methoxy groups -OCH3 is 1. The van der Waals surface area contributed by atoms with E-state index in [4.69, 9.17) is 42.1 Å². The number of nitrogens with one attached hydrogen (secondary N) is 1. The first-order chi connectivity index (χ1) is 22.5. The highest BCUT2D eigenvalue weighted by atomic mass is 35.5. The molecular formula is C33H28Cl2N2O9S. The third-order valence-corrected chi connectivity index (χ3v) is 9.50.